The molecule has 1 aromatic heterocycles. The van der Waals surface area contributed by atoms with Gasteiger partial charge in [0.1, 0.15) is 0 Å². The van der Waals surface area contributed by atoms with Crippen molar-refractivity contribution in [2.24, 2.45) is 0 Å². The number of esters is 1. The Morgan fingerprint density at radius 3 is 2.33 bits per heavy atom. The van der Waals surface area contributed by atoms with Gasteiger partial charge in [0.15, 0.2) is 5.69 Å². The second-order valence-corrected chi connectivity index (χ2v) is 6.03. The van der Waals surface area contributed by atoms with Gasteiger partial charge >= 0.3 is 5.97 Å². The topological polar surface area (TPSA) is 64.4 Å². The third-order valence-electron chi connectivity index (χ3n) is 4.05. The molecule has 0 spiro atoms. The van der Waals surface area contributed by atoms with Crippen LogP contribution in [0.4, 0.5) is 5.69 Å². The van der Waals surface area contributed by atoms with Gasteiger partial charge in [-0.3, -0.25) is 4.79 Å². The van der Waals surface area contributed by atoms with Crippen molar-refractivity contribution in [2.45, 2.75) is 13.5 Å². The molecule has 0 N–H and O–H groups in total. The minimum atomic E-state index is -0.558. The van der Waals surface area contributed by atoms with E-state index in [4.69, 9.17) is 4.74 Å². The van der Waals surface area contributed by atoms with Crippen molar-refractivity contribution in [1.82, 2.24) is 9.78 Å². The highest BCUT2D eigenvalue weighted by Gasteiger charge is 2.21. The molecule has 138 valence electrons. The van der Waals surface area contributed by atoms with E-state index in [0.717, 1.165) is 5.56 Å². The molecule has 0 aliphatic heterocycles. The summed E-state index contributed by atoms with van der Waals surface area (Å²) in [6.45, 7) is 2.50. The SMILES string of the molecule is CCOC(=O)c1nn(-c2ccccc2)c(=O)cc1N(C)Cc1ccccc1. The Kier molecular flexibility index (Phi) is 5.66. The Labute approximate surface area is 157 Å². The van der Waals surface area contributed by atoms with Gasteiger partial charge in [-0.15, -0.1) is 0 Å². The highest BCUT2D eigenvalue weighted by Crippen LogP contribution is 2.19. The van der Waals surface area contributed by atoms with Gasteiger partial charge in [0.2, 0.25) is 0 Å². The Balaban J connectivity index is 2.05. The van der Waals surface area contributed by atoms with E-state index in [1.165, 1.54) is 10.7 Å². The molecule has 0 saturated carbocycles. The summed E-state index contributed by atoms with van der Waals surface area (Å²) in [4.78, 5) is 27.0. The van der Waals surface area contributed by atoms with Gasteiger partial charge < -0.3 is 9.64 Å². The van der Waals surface area contributed by atoms with Gasteiger partial charge in [0.05, 0.1) is 18.0 Å². The van der Waals surface area contributed by atoms with Crippen molar-refractivity contribution in [3.05, 3.63) is 88.3 Å². The third-order valence-corrected chi connectivity index (χ3v) is 4.05. The normalized spacial score (nSPS) is 10.4. The van der Waals surface area contributed by atoms with E-state index in [0.29, 0.717) is 17.9 Å². The average molecular weight is 363 g/mol. The van der Waals surface area contributed by atoms with Gasteiger partial charge in [0, 0.05) is 19.7 Å². The van der Waals surface area contributed by atoms with Crippen molar-refractivity contribution in [3.8, 4) is 5.69 Å². The molecule has 0 unspecified atom stereocenters. The summed E-state index contributed by atoms with van der Waals surface area (Å²) in [5, 5.41) is 4.31. The van der Waals surface area contributed by atoms with E-state index in [-0.39, 0.29) is 17.9 Å². The first kappa shape index (κ1) is 18.4. The number of para-hydroxylation sites is 1. The number of aromatic nitrogens is 2. The van der Waals surface area contributed by atoms with E-state index < -0.39 is 5.97 Å². The zero-order valence-electron chi connectivity index (χ0n) is 15.3. The Hall–Kier alpha value is -3.41. The summed E-state index contributed by atoms with van der Waals surface area (Å²) < 4.78 is 6.37. The van der Waals surface area contributed by atoms with Crippen molar-refractivity contribution in [2.75, 3.05) is 18.6 Å². The molecule has 3 aromatic rings. The van der Waals surface area contributed by atoms with Gasteiger partial charge in [-0.05, 0) is 24.6 Å². The van der Waals surface area contributed by atoms with E-state index in [2.05, 4.69) is 5.10 Å². The fraction of sp³-hybridized carbons (Fsp3) is 0.190. The van der Waals surface area contributed by atoms with E-state index in [1.54, 1.807) is 19.1 Å². The number of carbonyl (C=O) groups is 1. The number of nitrogens with zero attached hydrogens (tertiary/aromatic N) is 3. The second kappa shape index (κ2) is 8.31. The summed E-state index contributed by atoms with van der Waals surface area (Å²) in [6, 6.07) is 20.2. The van der Waals surface area contributed by atoms with Crippen LogP contribution >= 0.6 is 0 Å². The predicted molar refractivity (Wildman–Crippen MR) is 104 cm³/mol. The Morgan fingerprint density at radius 2 is 1.70 bits per heavy atom. The van der Waals surface area contributed by atoms with Crippen LogP contribution in [0, 0.1) is 0 Å². The first-order valence-corrected chi connectivity index (χ1v) is 8.72. The number of hydrogen-bond donors (Lipinski definition) is 0. The van der Waals surface area contributed by atoms with Crippen LogP contribution in [-0.2, 0) is 11.3 Å². The molecule has 0 amide bonds. The van der Waals surface area contributed by atoms with Crippen molar-refractivity contribution in [1.29, 1.82) is 0 Å². The largest absolute Gasteiger partial charge is 0.461 e. The number of rotatable bonds is 6. The second-order valence-electron chi connectivity index (χ2n) is 6.03. The van der Waals surface area contributed by atoms with Gasteiger partial charge in [-0.25, -0.2) is 4.79 Å². The first-order chi connectivity index (χ1) is 13.1. The van der Waals surface area contributed by atoms with E-state index in [1.807, 2.05) is 60.5 Å². The molecule has 1 heterocycles. The Bertz CT molecular complexity index is 969. The zero-order chi connectivity index (χ0) is 19.2. The molecule has 0 fully saturated rings. The van der Waals surface area contributed by atoms with Crippen LogP contribution in [0.5, 0.6) is 0 Å². The van der Waals surface area contributed by atoms with Gasteiger partial charge in [-0.1, -0.05) is 48.5 Å². The lowest BCUT2D eigenvalue weighted by atomic mass is 10.2. The summed E-state index contributed by atoms with van der Waals surface area (Å²) in [7, 11) is 1.82. The minimum Gasteiger partial charge on any atom is -0.461 e. The molecule has 0 aliphatic rings. The third kappa shape index (κ3) is 4.23. The number of benzene rings is 2. The lowest BCUT2D eigenvalue weighted by Crippen LogP contribution is -2.29. The number of anilines is 1. The molecule has 0 saturated heterocycles. The standard InChI is InChI=1S/C21H21N3O3/c1-3-27-21(26)20-18(23(2)15-16-10-6-4-7-11-16)14-19(25)24(22-20)17-12-8-5-9-13-17/h4-14H,3,15H2,1-2H3. The molecular formula is C21H21N3O3. The van der Waals surface area contributed by atoms with Crippen LogP contribution < -0.4 is 10.5 Å². The van der Waals surface area contributed by atoms with Gasteiger partial charge in [-0.2, -0.15) is 9.78 Å². The smallest absolute Gasteiger partial charge is 0.360 e. The molecule has 2 aromatic carbocycles. The first-order valence-electron chi connectivity index (χ1n) is 8.72. The number of carbonyl (C=O) groups excluding carboxylic acids is 1. The highest BCUT2D eigenvalue weighted by molar-refractivity contribution is 5.93. The minimum absolute atomic E-state index is 0.110. The van der Waals surface area contributed by atoms with Crippen molar-refractivity contribution >= 4 is 11.7 Å². The molecule has 3 rings (SSSR count). The van der Waals surface area contributed by atoms with Crippen LogP contribution in [0.1, 0.15) is 23.0 Å². The van der Waals surface area contributed by atoms with Crippen molar-refractivity contribution in [3.63, 3.8) is 0 Å². The van der Waals surface area contributed by atoms with Crippen LogP contribution in [0.15, 0.2) is 71.5 Å². The maximum Gasteiger partial charge on any atom is 0.360 e. The quantitative estimate of drug-likeness (QED) is 0.630. The summed E-state index contributed by atoms with van der Waals surface area (Å²) >= 11 is 0. The number of hydrogen-bond acceptors (Lipinski definition) is 5. The maximum absolute atomic E-state index is 12.7. The Morgan fingerprint density at radius 1 is 1.07 bits per heavy atom. The zero-order valence-corrected chi connectivity index (χ0v) is 15.3. The molecule has 0 atom stereocenters. The van der Waals surface area contributed by atoms with E-state index in [9.17, 15) is 9.59 Å². The molecular weight excluding hydrogens is 342 g/mol. The van der Waals surface area contributed by atoms with Crippen LogP contribution in [0.2, 0.25) is 0 Å². The monoisotopic (exact) mass is 363 g/mol. The fourth-order valence-electron chi connectivity index (χ4n) is 2.78. The lowest BCUT2D eigenvalue weighted by Gasteiger charge is -2.22. The van der Waals surface area contributed by atoms with Crippen LogP contribution in [-0.4, -0.2) is 29.4 Å². The van der Waals surface area contributed by atoms with Crippen LogP contribution in [0.25, 0.3) is 5.69 Å². The maximum atomic E-state index is 12.7. The van der Waals surface area contributed by atoms with E-state index >= 15 is 0 Å². The fourth-order valence-corrected chi connectivity index (χ4v) is 2.78. The summed E-state index contributed by atoms with van der Waals surface area (Å²) in [5.41, 5.74) is 1.88. The predicted octanol–water partition coefficient (Wildman–Crippen LogP) is 3.05. The molecule has 6 heteroatoms. The number of ether oxygens (including phenoxy) is 1. The summed E-state index contributed by atoms with van der Waals surface area (Å²) in [6.07, 6.45) is 0. The molecule has 0 aliphatic carbocycles. The molecule has 6 nitrogen and oxygen atoms in total. The van der Waals surface area contributed by atoms with Gasteiger partial charge in [0.25, 0.3) is 5.56 Å². The lowest BCUT2D eigenvalue weighted by molar-refractivity contribution is 0.0518. The highest BCUT2D eigenvalue weighted by atomic mass is 16.5. The summed E-state index contributed by atoms with van der Waals surface area (Å²) in [5.74, 6) is -0.558. The molecule has 0 radical (unpaired) electrons. The molecule has 0 bridgehead atoms. The average Bonchev–Trinajstić information content (AvgIpc) is 2.69. The molecule has 27 heavy (non-hydrogen) atoms. The van der Waals surface area contributed by atoms with Crippen molar-refractivity contribution < 1.29 is 9.53 Å². The van der Waals surface area contributed by atoms with Crippen LogP contribution in [0.3, 0.4) is 0 Å².